The molecule has 0 atom stereocenters. The SMILES string of the molecule is COc1ccc(Cl)cc1Cn1cc(Cl)c(=O)[nH]c1=O. The van der Waals surface area contributed by atoms with E-state index in [-0.39, 0.29) is 11.6 Å². The van der Waals surface area contributed by atoms with Crippen LogP contribution < -0.4 is 16.0 Å². The van der Waals surface area contributed by atoms with E-state index in [0.29, 0.717) is 16.3 Å². The third-order valence-corrected chi connectivity index (χ3v) is 3.05. The molecule has 0 aliphatic rings. The topological polar surface area (TPSA) is 64.1 Å². The smallest absolute Gasteiger partial charge is 0.328 e. The van der Waals surface area contributed by atoms with E-state index in [9.17, 15) is 9.59 Å². The Kier molecular flexibility index (Phi) is 3.97. The van der Waals surface area contributed by atoms with Gasteiger partial charge in [0.05, 0.1) is 13.7 Å². The van der Waals surface area contributed by atoms with E-state index in [0.717, 1.165) is 0 Å². The van der Waals surface area contributed by atoms with Crippen LogP contribution in [-0.2, 0) is 6.54 Å². The van der Waals surface area contributed by atoms with Crippen molar-refractivity contribution in [2.24, 2.45) is 0 Å². The molecule has 1 heterocycles. The molecular weight excluding hydrogens is 291 g/mol. The van der Waals surface area contributed by atoms with Crippen molar-refractivity contribution >= 4 is 23.2 Å². The summed E-state index contributed by atoms with van der Waals surface area (Å²) in [5, 5.41) is 0.472. The van der Waals surface area contributed by atoms with Gasteiger partial charge in [-0.3, -0.25) is 14.3 Å². The number of benzene rings is 1. The zero-order valence-electron chi connectivity index (χ0n) is 9.94. The number of aromatic nitrogens is 2. The summed E-state index contributed by atoms with van der Waals surface area (Å²) in [6.07, 6.45) is 1.28. The first kappa shape index (κ1) is 13.7. The summed E-state index contributed by atoms with van der Waals surface area (Å²) in [6.45, 7) is 0.194. The molecule has 7 heteroatoms. The summed E-state index contributed by atoms with van der Waals surface area (Å²) in [6, 6.07) is 5.08. The van der Waals surface area contributed by atoms with Crippen LogP contribution in [0.2, 0.25) is 10.0 Å². The number of ether oxygens (including phenoxy) is 1. The number of nitrogens with zero attached hydrogens (tertiary/aromatic N) is 1. The summed E-state index contributed by atoms with van der Waals surface area (Å²) in [5.41, 5.74) is -0.447. The van der Waals surface area contributed by atoms with Gasteiger partial charge in [-0.25, -0.2) is 4.79 Å². The highest BCUT2D eigenvalue weighted by Crippen LogP contribution is 2.23. The van der Waals surface area contributed by atoms with E-state index in [1.807, 2.05) is 0 Å². The fraction of sp³-hybridized carbons (Fsp3) is 0.167. The molecule has 19 heavy (non-hydrogen) atoms. The molecule has 2 rings (SSSR count). The van der Waals surface area contributed by atoms with Crippen molar-refractivity contribution in [1.29, 1.82) is 0 Å². The van der Waals surface area contributed by atoms with Gasteiger partial charge in [0.25, 0.3) is 5.56 Å². The van der Waals surface area contributed by atoms with Gasteiger partial charge in [0.2, 0.25) is 0 Å². The van der Waals surface area contributed by atoms with Crippen molar-refractivity contribution in [3.63, 3.8) is 0 Å². The van der Waals surface area contributed by atoms with Crippen LogP contribution in [0.1, 0.15) is 5.56 Å². The summed E-state index contributed by atoms with van der Waals surface area (Å²) in [7, 11) is 1.52. The molecule has 0 fully saturated rings. The van der Waals surface area contributed by atoms with Gasteiger partial charge >= 0.3 is 5.69 Å². The molecule has 1 aromatic carbocycles. The standard InChI is InChI=1S/C12H10Cl2N2O3/c1-19-10-3-2-8(13)4-7(10)5-16-6-9(14)11(17)15-12(16)18/h2-4,6H,5H2,1H3,(H,15,17,18). The quantitative estimate of drug-likeness (QED) is 0.941. The van der Waals surface area contributed by atoms with Gasteiger partial charge < -0.3 is 4.74 Å². The molecule has 0 bridgehead atoms. The molecule has 0 aliphatic heterocycles. The maximum atomic E-state index is 11.7. The maximum Gasteiger partial charge on any atom is 0.328 e. The molecule has 1 N–H and O–H groups in total. The van der Waals surface area contributed by atoms with Crippen LogP contribution in [0.5, 0.6) is 5.75 Å². The van der Waals surface area contributed by atoms with Crippen LogP contribution in [0.25, 0.3) is 0 Å². The number of aromatic amines is 1. The van der Waals surface area contributed by atoms with E-state index in [1.165, 1.54) is 17.9 Å². The van der Waals surface area contributed by atoms with E-state index < -0.39 is 11.2 Å². The highest BCUT2D eigenvalue weighted by atomic mass is 35.5. The number of H-pyrrole nitrogens is 1. The maximum absolute atomic E-state index is 11.7. The molecule has 1 aromatic heterocycles. The minimum atomic E-state index is -0.610. The normalized spacial score (nSPS) is 10.5. The van der Waals surface area contributed by atoms with E-state index in [2.05, 4.69) is 4.98 Å². The number of methoxy groups -OCH3 is 1. The molecule has 0 saturated carbocycles. The second-order valence-electron chi connectivity index (χ2n) is 3.82. The minimum absolute atomic E-state index is 0.0550. The van der Waals surface area contributed by atoms with Gasteiger partial charge in [-0.1, -0.05) is 23.2 Å². The fourth-order valence-corrected chi connectivity index (χ4v) is 2.01. The van der Waals surface area contributed by atoms with Crippen molar-refractivity contribution in [3.05, 3.63) is 60.8 Å². The van der Waals surface area contributed by atoms with Gasteiger partial charge in [-0.2, -0.15) is 0 Å². The van der Waals surface area contributed by atoms with Gasteiger partial charge in [0, 0.05) is 16.8 Å². The first-order valence-corrected chi connectivity index (χ1v) is 6.08. The highest BCUT2D eigenvalue weighted by Gasteiger charge is 2.08. The van der Waals surface area contributed by atoms with Crippen molar-refractivity contribution in [2.75, 3.05) is 7.11 Å². The minimum Gasteiger partial charge on any atom is -0.496 e. The molecule has 100 valence electrons. The number of hydrogen-bond donors (Lipinski definition) is 1. The van der Waals surface area contributed by atoms with E-state index >= 15 is 0 Å². The molecule has 2 aromatic rings. The number of halogens is 2. The average molecular weight is 301 g/mol. The molecule has 0 unspecified atom stereocenters. The van der Waals surface area contributed by atoms with E-state index in [1.54, 1.807) is 18.2 Å². The second-order valence-corrected chi connectivity index (χ2v) is 4.66. The first-order chi connectivity index (χ1) is 9.01. The second kappa shape index (κ2) is 5.50. The molecule has 5 nitrogen and oxygen atoms in total. The summed E-state index contributed by atoms with van der Waals surface area (Å²) in [4.78, 5) is 25.0. The van der Waals surface area contributed by atoms with Crippen LogP contribution in [0.4, 0.5) is 0 Å². The third-order valence-electron chi connectivity index (χ3n) is 2.55. The summed E-state index contributed by atoms with van der Waals surface area (Å²) >= 11 is 11.6. The van der Waals surface area contributed by atoms with Crippen molar-refractivity contribution < 1.29 is 4.74 Å². The zero-order chi connectivity index (χ0) is 14.0. The lowest BCUT2D eigenvalue weighted by atomic mass is 10.2. The van der Waals surface area contributed by atoms with Crippen molar-refractivity contribution in [3.8, 4) is 5.75 Å². The van der Waals surface area contributed by atoms with Crippen molar-refractivity contribution in [2.45, 2.75) is 6.54 Å². The molecule has 0 spiro atoms. The largest absolute Gasteiger partial charge is 0.496 e. The Morgan fingerprint density at radius 3 is 2.74 bits per heavy atom. The lowest BCUT2D eigenvalue weighted by Crippen LogP contribution is -2.30. The molecule has 0 saturated heterocycles. The van der Waals surface area contributed by atoms with Crippen LogP contribution in [-0.4, -0.2) is 16.7 Å². The van der Waals surface area contributed by atoms with E-state index in [4.69, 9.17) is 27.9 Å². The van der Waals surface area contributed by atoms with Crippen LogP contribution in [0.15, 0.2) is 34.0 Å². The molecule has 0 radical (unpaired) electrons. The molecule has 0 aliphatic carbocycles. The monoisotopic (exact) mass is 300 g/mol. The summed E-state index contributed by atoms with van der Waals surface area (Å²) in [5.74, 6) is 0.596. The number of rotatable bonds is 3. The zero-order valence-corrected chi connectivity index (χ0v) is 11.5. The number of nitrogens with one attached hydrogen (secondary N) is 1. The fourth-order valence-electron chi connectivity index (χ4n) is 1.65. The Morgan fingerprint density at radius 2 is 2.05 bits per heavy atom. The van der Waals surface area contributed by atoms with Gasteiger partial charge in [-0.15, -0.1) is 0 Å². The van der Waals surface area contributed by atoms with Crippen LogP contribution in [0, 0.1) is 0 Å². The Morgan fingerprint density at radius 1 is 1.32 bits per heavy atom. The Balaban J connectivity index is 2.47. The molecular formula is C12H10Cl2N2O3. The van der Waals surface area contributed by atoms with Gasteiger partial charge in [0.15, 0.2) is 0 Å². The predicted octanol–water partition coefficient (Wildman–Crippen LogP) is 1.90. The lowest BCUT2D eigenvalue weighted by Gasteiger charge is -2.10. The van der Waals surface area contributed by atoms with Gasteiger partial charge in [-0.05, 0) is 18.2 Å². The average Bonchev–Trinajstić information content (AvgIpc) is 2.36. The van der Waals surface area contributed by atoms with Gasteiger partial charge in [0.1, 0.15) is 10.8 Å². The predicted molar refractivity (Wildman–Crippen MR) is 73.4 cm³/mol. The molecule has 0 amide bonds. The third kappa shape index (κ3) is 3.00. The van der Waals surface area contributed by atoms with Crippen molar-refractivity contribution in [1.82, 2.24) is 9.55 Å². The van der Waals surface area contributed by atoms with Crippen LogP contribution in [0.3, 0.4) is 0 Å². The van der Waals surface area contributed by atoms with Crippen LogP contribution >= 0.6 is 23.2 Å². The summed E-state index contributed by atoms with van der Waals surface area (Å²) < 4.78 is 6.46. The highest BCUT2D eigenvalue weighted by molar-refractivity contribution is 6.30. The Bertz CT molecular complexity index is 722. The Hall–Kier alpha value is -1.72. The Labute approximate surface area is 118 Å². The first-order valence-electron chi connectivity index (χ1n) is 5.33. The number of hydrogen-bond acceptors (Lipinski definition) is 3. The lowest BCUT2D eigenvalue weighted by molar-refractivity contribution is 0.408.